The number of nitrogens with one attached hydrogen (secondary N) is 1. The fourth-order valence-electron chi connectivity index (χ4n) is 3.75. The van der Waals surface area contributed by atoms with Gasteiger partial charge in [-0.3, -0.25) is 14.4 Å². The first-order chi connectivity index (χ1) is 14.5. The molecule has 4 rings (SSSR count). The third kappa shape index (κ3) is 4.52. The van der Waals surface area contributed by atoms with Crippen LogP contribution in [0.4, 0.5) is 0 Å². The average Bonchev–Trinajstić information content (AvgIpc) is 3.15. The number of fused-ring (bicyclic) bond motifs is 1. The van der Waals surface area contributed by atoms with Crippen LogP contribution >= 0.6 is 0 Å². The van der Waals surface area contributed by atoms with E-state index in [0.717, 1.165) is 41.9 Å². The first-order valence-electron chi connectivity index (χ1n) is 10.5. The van der Waals surface area contributed by atoms with Crippen LogP contribution in [0, 0.1) is 5.92 Å². The number of pyridine rings is 1. The number of benzene rings is 1. The molecule has 0 spiro atoms. The first-order valence-corrected chi connectivity index (χ1v) is 10.5. The number of hydrogen-bond acceptors (Lipinski definition) is 5. The van der Waals surface area contributed by atoms with E-state index in [0.29, 0.717) is 24.6 Å². The second-order valence-corrected chi connectivity index (χ2v) is 8.26. The molecule has 1 aromatic carbocycles. The highest BCUT2D eigenvalue weighted by molar-refractivity contribution is 6.06. The molecule has 1 aliphatic rings. The van der Waals surface area contributed by atoms with E-state index < -0.39 is 0 Å². The molecule has 1 fully saturated rings. The zero-order chi connectivity index (χ0) is 21.1. The number of morpholine rings is 1. The van der Waals surface area contributed by atoms with E-state index >= 15 is 0 Å². The third-order valence-electron chi connectivity index (χ3n) is 5.44. The Hall–Kier alpha value is -2.77. The summed E-state index contributed by atoms with van der Waals surface area (Å²) in [6.07, 6.45) is 1.65. The number of carbonyl (C=O) groups is 1. The fraction of sp³-hybridized carbons (Fsp3) is 0.435. The summed E-state index contributed by atoms with van der Waals surface area (Å²) in [5.74, 6) is 0.329. The van der Waals surface area contributed by atoms with E-state index in [1.807, 2.05) is 54.3 Å². The second kappa shape index (κ2) is 8.93. The summed E-state index contributed by atoms with van der Waals surface area (Å²) in [6.45, 7) is 7.84. The van der Waals surface area contributed by atoms with Crippen LogP contribution < -0.4 is 5.32 Å². The summed E-state index contributed by atoms with van der Waals surface area (Å²) >= 11 is 0. The summed E-state index contributed by atoms with van der Waals surface area (Å²) < 4.78 is 7.97. The molecule has 158 valence electrons. The highest BCUT2D eigenvalue weighted by atomic mass is 16.5. The molecule has 0 aliphatic carbocycles. The van der Waals surface area contributed by atoms with E-state index in [1.54, 1.807) is 0 Å². The number of nitrogens with zero attached hydrogens (tertiary/aromatic N) is 4. The third-order valence-corrected chi connectivity index (χ3v) is 5.44. The van der Waals surface area contributed by atoms with E-state index in [-0.39, 0.29) is 12.0 Å². The number of carbonyl (C=O) groups excluding carboxylic acids is 1. The lowest BCUT2D eigenvalue weighted by atomic mass is 10.0. The Kier molecular flexibility index (Phi) is 6.11. The lowest BCUT2D eigenvalue weighted by Gasteiger charge is -2.32. The van der Waals surface area contributed by atoms with Gasteiger partial charge in [0, 0.05) is 44.8 Å². The summed E-state index contributed by atoms with van der Waals surface area (Å²) in [5, 5.41) is 8.16. The number of ether oxygens (including phenoxy) is 1. The number of amides is 1. The fourth-order valence-corrected chi connectivity index (χ4v) is 3.75. The molecular weight excluding hydrogens is 378 g/mol. The monoisotopic (exact) mass is 407 g/mol. The van der Waals surface area contributed by atoms with Gasteiger partial charge in [0.2, 0.25) is 0 Å². The van der Waals surface area contributed by atoms with Gasteiger partial charge in [0.1, 0.15) is 6.10 Å². The van der Waals surface area contributed by atoms with E-state index in [1.165, 1.54) is 0 Å². The van der Waals surface area contributed by atoms with Crippen molar-refractivity contribution in [3.05, 3.63) is 59.5 Å². The highest BCUT2D eigenvalue weighted by Gasteiger charge is 2.25. The summed E-state index contributed by atoms with van der Waals surface area (Å²) in [5.41, 5.74) is 3.44. The average molecular weight is 408 g/mol. The van der Waals surface area contributed by atoms with Gasteiger partial charge < -0.3 is 10.1 Å². The van der Waals surface area contributed by atoms with Gasteiger partial charge in [-0.15, -0.1) is 0 Å². The Bertz CT molecular complexity index is 1030. The van der Waals surface area contributed by atoms with Gasteiger partial charge in [-0.2, -0.15) is 5.10 Å². The predicted octanol–water partition coefficient (Wildman–Crippen LogP) is 2.93. The van der Waals surface area contributed by atoms with Crippen molar-refractivity contribution in [3.8, 4) is 0 Å². The Labute approximate surface area is 177 Å². The lowest BCUT2D eigenvalue weighted by Crippen LogP contribution is -2.38. The molecule has 7 heteroatoms. The summed E-state index contributed by atoms with van der Waals surface area (Å²) in [4.78, 5) is 20.1. The van der Waals surface area contributed by atoms with Crippen LogP contribution in [0.25, 0.3) is 10.9 Å². The molecule has 1 atom stereocenters. The Morgan fingerprint density at radius 1 is 1.30 bits per heavy atom. The zero-order valence-corrected chi connectivity index (χ0v) is 17.8. The molecule has 0 bridgehead atoms. The van der Waals surface area contributed by atoms with Crippen molar-refractivity contribution in [2.45, 2.75) is 26.5 Å². The van der Waals surface area contributed by atoms with Gasteiger partial charge in [0.15, 0.2) is 0 Å². The van der Waals surface area contributed by atoms with Crippen molar-refractivity contribution in [2.24, 2.45) is 13.0 Å². The summed E-state index contributed by atoms with van der Waals surface area (Å²) in [7, 11) is 1.96. The van der Waals surface area contributed by atoms with E-state index in [9.17, 15) is 4.79 Å². The molecule has 3 aromatic rings. The normalized spacial score (nSPS) is 17.5. The minimum Gasteiger partial charge on any atom is -0.369 e. The van der Waals surface area contributed by atoms with Crippen molar-refractivity contribution >= 4 is 16.8 Å². The molecule has 1 amide bonds. The molecule has 1 saturated heterocycles. The molecule has 1 aliphatic heterocycles. The topological polar surface area (TPSA) is 72.3 Å². The van der Waals surface area contributed by atoms with Crippen LogP contribution in [-0.4, -0.2) is 51.8 Å². The quantitative estimate of drug-likeness (QED) is 0.680. The molecule has 0 saturated carbocycles. The van der Waals surface area contributed by atoms with Crippen molar-refractivity contribution in [1.29, 1.82) is 0 Å². The summed E-state index contributed by atoms with van der Waals surface area (Å²) in [6, 6.07) is 11.7. The van der Waals surface area contributed by atoms with Crippen LogP contribution in [0.15, 0.2) is 42.6 Å². The maximum atomic E-state index is 12.9. The maximum Gasteiger partial charge on any atom is 0.252 e. The molecule has 0 radical (unpaired) electrons. The van der Waals surface area contributed by atoms with E-state index in [4.69, 9.17) is 9.72 Å². The van der Waals surface area contributed by atoms with Crippen LogP contribution in [0.1, 0.15) is 41.7 Å². The standard InChI is InChI=1S/C23H29N5O2/c1-16(2)13-24-23(29)19-12-21(26-20-7-5-4-6-18(19)20)22-15-28(10-11-30-22)14-17-8-9-25-27(17)3/h4-9,12,16,22H,10-11,13-15H2,1-3H3,(H,24,29). The molecule has 3 heterocycles. The van der Waals surface area contributed by atoms with Gasteiger partial charge in [0.05, 0.1) is 29.1 Å². The van der Waals surface area contributed by atoms with Crippen molar-refractivity contribution < 1.29 is 9.53 Å². The Morgan fingerprint density at radius 3 is 2.90 bits per heavy atom. The van der Waals surface area contributed by atoms with Gasteiger partial charge in [0.25, 0.3) is 5.91 Å². The van der Waals surface area contributed by atoms with Crippen LogP contribution in [0.3, 0.4) is 0 Å². The zero-order valence-electron chi connectivity index (χ0n) is 17.8. The maximum absolute atomic E-state index is 12.9. The van der Waals surface area contributed by atoms with Crippen LogP contribution in [0.2, 0.25) is 0 Å². The van der Waals surface area contributed by atoms with Gasteiger partial charge in [-0.05, 0) is 24.1 Å². The minimum atomic E-state index is -0.173. The molecule has 7 nitrogen and oxygen atoms in total. The Morgan fingerprint density at radius 2 is 2.13 bits per heavy atom. The minimum absolute atomic E-state index is 0.0638. The molecular formula is C23H29N5O2. The van der Waals surface area contributed by atoms with Gasteiger partial charge in [-0.1, -0.05) is 32.0 Å². The lowest BCUT2D eigenvalue weighted by molar-refractivity contribution is -0.0355. The van der Waals surface area contributed by atoms with Crippen molar-refractivity contribution in [2.75, 3.05) is 26.2 Å². The molecule has 30 heavy (non-hydrogen) atoms. The van der Waals surface area contributed by atoms with Crippen molar-refractivity contribution in [3.63, 3.8) is 0 Å². The number of rotatable bonds is 6. The second-order valence-electron chi connectivity index (χ2n) is 8.26. The number of aryl methyl sites for hydroxylation is 1. The number of aromatic nitrogens is 3. The van der Waals surface area contributed by atoms with E-state index in [2.05, 4.69) is 29.2 Å². The van der Waals surface area contributed by atoms with Crippen molar-refractivity contribution in [1.82, 2.24) is 25.0 Å². The molecule has 1 N–H and O–H groups in total. The Balaban J connectivity index is 1.60. The molecule has 2 aromatic heterocycles. The first kappa shape index (κ1) is 20.5. The van der Waals surface area contributed by atoms with Crippen LogP contribution in [0.5, 0.6) is 0 Å². The van der Waals surface area contributed by atoms with Crippen LogP contribution in [-0.2, 0) is 18.3 Å². The predicted molar refractivity (Wildman–Crippen MR) is 116 cm³/mol. The SMILES string of the molecule is CC(C)CNC(=O)c1cc(C2CN(Cc3ccnn3C)CCO2)nc2ccccc12. The largest absolute Gasteiger partial charge is 0.369 e. The van der Waals surface area contributed by atoms with Gasteiger partial charge in [-0.25, -0.2) is 4.98 Å². The smallest absolute Gasteiger partial charge is 0.252 e. The van der Waals surface area contributed by atoms with Gasteiger partial charge >= 0.3 is 0 Å². The number of hydrogen-bond donors (Lipinski definition) is 1. The number of para-hydroxylation sites is 1. The highest BCUT2D eigenvalue weighted by Crippen LogP contribution is 2.26. The molecule has 1 unspecified atom stereocenters.